The zero-order valence-corrected chi connectivity index (χ0v) is 12.0. The molecule has 0 radical (unpaired) electrons. The lowest BCUT2D eigenvalue weighted by atomic mass is 10.1. The van der Waals surface area contributed by atoms with Crippen molar-refractivity contribution < 1.29 is 14.3 Å². The van der Waals surface area contributed by atoms with Crippen molar-refractivity contribution in [1.82, 2.24) is 9.80 Å². The van der Waals surface area contributed by atoms with Crippen molar-refractivity contribution in [2.45, 2.75) is 18.9 Å². The average molecular weight is 289 g/mol. The second-order valence-corrected chi connectivity index (χ2v) is 5.49. The standard InChI is InChI=1S/C15H19N3O3/c1-21-13-4-2-10(16)8-12(13)15(20)17-6-7-18-11(9-17)3-5-14(18)19/h2,4,8,11H,3,5-7,9,16H2,1H3. The average Bonchev–Trinajstić information content (AvgIpc) is 2.87. The molecule has 6 heteroatoms. The van der Waals surface area contributed by atoms with E-state index in [2.05, 4.69) is 0 Å². The lowest BCUT2D eigenvalue weighted by molar-refractivity contribution is -0.130. The highest BCUT2D eigenvalue weighted by molar-refractivity contribution is 5.98. The van der Waals surface area contributed by atoms with Crippen LogP contribution in [0.2, 0.25) is 0 Å². The Kier molecular flexibility index (Phi) is 3.45. The highest BCUT2D eigenvalue weighted by atomic mass is 16.5. The molecule has 0 saturated carbocycles. The minimum Gasteiger partial charge on any atom is -0.496 e. The number of benzene rings is 1. The smallest absolute Gasteiger partial charge is 0.257 e. The third kappa shape index (κ3) is 2.41. The van der Waals surface area contributed by atoms with Gasteiger partial charge < -0.3 is 20.3 Å². The molecule has 0 bridgehead atoms. The van der Waals surface area contributed by atoms with E-state index in [1.165, 1.54) is 7.11 Å². The Labute approximate surface area is 123 Å². The quantitative estimate of drug-likeness (QED) is 0.814. The van der Waals surface area contributed by atoms with Crippen LogP contribution in [0.5, 0.6) is 5.75 Å². The summed E-state index contributed by atoms with van der Waals surface area (Å²) in [5, 5.41) is 0. The number of rotatable bonds is 2. The summed E-state index contributed by atoms with van der Waals surface area (Å²) in [6, 6.07) is 5.22. The third-order valence-electron chi connectivity index (χ3n) is 4.24. The van der Waals surface area contributed by atoms with Crippen molar-refractivity contribution in [2.24, 2.45) is 0 Å². The molecule has 2 aliphatic heterocycles. The molecule has 1 unspecified atom stereocenters. The summed E-state index contributed by atoms with van der Waals surface area (Å²) in [6.07, 6.45) is 1.42. The molecule has 2 saturated heterocycles. The normalized spacial score (nSPS) is 21.4. The van der Waals surface area contributed by atoms with Crippen LogP contribution in [0.4, 0.5) is 5.69 Å². The summed E-state index contributed by atoms with van der Waals surface area (Å²) in [5.74, 6) is 0.644. The van der Waals surface area contributed by atoms with E-state index in [1.807, 2.05) is 4.90 Å². The minimum absolute atomic E-state index is 0.0850. The SMILES string of the molecule is COc1ccc(N)cc1C(=O)N1CCN2C(=O)CCC2C1. The number of amides is 2. The van der Waals surface area contributed by atoms with Crippen LogP contribution in [0.15, 0.2) is 18.2 Å². The maximum absolute atomic E-state index is 12.7. The first-order chi connectivity index (χ1) is 10.1. The van der Waals surface area contributed by atoms with Gasteiger partial charge >= 0.3 is 0 Å². The molecule has 6 nitrogen and oxygen atoms in total. The van der Waals surface area contributed by atoms with Gasteiger partial charge in [0.05, 0.1) is 12.7 Å². The maximum atomic E-state index is 12.7. The number of hydrogen-bond acceptors (Lipinski definition) is 4. The number of hydrogen-bond donors (Lipinski definition) is 1. The lowest BCUT2D eigenvalue weighted by Gasteiger charge is -2.37. The summed E-state index contributed by atoms with van der Waals surface area (Å²) in [7, 11) is 1.54. The van der Waals surface area contributed by atoms with Crippen LogP contribution in [-0.4, -0.2) is 54.4 Å². The zero-order valence-electron chi connectivity index (χ0n) is 12.0. The highest BCUT2D eigenvalue weighted by Gasteiger charge is 2.37. The number of piperazine rings is 1. The number of ether oxygens (including phenoxy) is 1. The number of nitrogen functional groups attached to an aromatic ring is 1. The van der Waals surface area contributed by atoms with Gasteiger partial charge in [0.25, 0.3) is 5.91 Å². The molecule has 2 N–H and O–H groups in total. The van der Waals surface area contributed by atoms with Gasteiger partial charge in [0.1, 0.15) is 5.75 Å². The lowest BCUT2D eigenvalue weighted by Crippen LogP contribution is -2.53. The molecule has 2 heterocycles. The van der Waals surface area contributed by atoms with E-state index in [-0.39, 0.29) is 17.9 Å². The second-order valence-electron chi connectivity index (χ2n) is 5.49. The number of nitrogens with zero attached hydrogens (tertiary/aromatic N) is 2. The van der Waals surface area contributed by atoms with Gasteiger partial charge in [0, 0.05) is 37.8 Å². The fourth-order valence-electron chi connectivity index (χ4n) is 3.11. The molecule has 112 valence electrons. The number of fused-ring (bicyclic) bond motifs is 1. The van der Waals surface area contributed by atoms with Gasteiger partial charge in [0.15, 0.2) is 0 Å². The van der Waals surface area contributed by atoms with Crippen LogP contribution in [0.25, 0.3) is 0 Å². The predicted molar refractivity (Wildman–Crippen MR) is 78.0 cm³/mol. The molecule has 0 spiro atoms. The molecule has 0 aromatic heterocycles. The van der Waals surface area contributed by atoms with Gasteiger partial charge in [-0.15, -0.1) is 0 Å². The van der Waals surface area contributed by atoms with Crippen molar-refractivity contribution in [1.29, 1.82) is 0 Å². The van der Waals surface area contributed by atoms with Gasteiger partial charge in [-0.3, -0.25) is 9.59 Å². The van der Waals surface area contributed by atoms with E-state index in [4.69, 9.17) is 10.5 Å². The Bertz CT molecular complexity index is 588. The van der Waals surface area contributed by atoms with E-state index < -0.39 is 0 Å². The fourth-order valence-corrected chi connectivity index (χ4v) is 3.11. The maximum Gasteiger partial charge on any atom is 0.257 e. The summed E-state index contributed by atoms with van der Waals surface area (Å²) in [5.41, 5.74) is 6.79. The first-order valence-corrected chi connectivity index (χ1v) is 7.12. The summed E-state index contributed by atoms with van der Waals surface area (Å²) < 4.78 is 5.25. The monoisotopic (exact) mass is 289 g/mol. The van der Waals surface area contributed by atoms with Gasteiger partial charge in [-0.2, -0.15) is 0 Å². The molecule has 2 fully saturated rings. The predicted octanol–water partition coefficient (Wildman–Crippen LogP) is 0.724. The minimum atomic E-state index is -0.0850. The molecule has 2 amide bonds. The van der Waals surface area contributed by atoms with Crippen LogP contribution < -0.4 is 10.5 Å². The zero-order chi connectivity index (χ0) is 15.0. The van der Waals surface area contributed by atoms with Crippen LogP contribution in [0.3, 0.4) is 0 Å². The molecule has 21 heavy (non-hydrogen) atoms. The van der Waals surface area contributed by atoms with Crippen molar-refractivity contribution in [3.63, 3.8) is 0 Å². The number of methoxy groups -OCH3 is 1. The van der Waals surface area contributed by atoms with Gasteiger partial charge in [-0.1, -0.05) is 0 Å². The van der Waals surface area contributed by atoms with Crippen LogP contribution >= 0.6 is 0 Å². The Morgan fingerprint density at radius 3 is 2.95 bits per heavy atom. The molecule has 2 aliphatic rings. The molecule has 1 aromatic carbocycles. The Hall–Kier alpha value is -2.24. The number of nitrogens with two attached hydrogens (primary N) is 1. The van der Waals surface area contributed by atoms with Crippen LogP contribution in [-0.2, 0) is 4.79 Å². The third-order valence-corrected chi connectivity index (χ3v) is 4.24. The summed E-state index contributed by atoms with van der Waals surface area (Å²) in [4.78, 5) is 28.1. The fraction of sp³-hybridized carbons (Fsp3) is 0.467. The van der Waals surface area contributed by atoms with E-state index in [1.54, 1.807) is 23.1 Å². The van der Waals surface area contributed by atoms with E-state index >= 15 is 0 Å². The van der Waals surface area contributed by atoms with Crippen molar-refractivity contribution in [3.05, 3.63) is 23.8 Å². The topological polar surface area (TPSA) is 75.9 Å². The molecule has 1 atom stereocenters. The Morgan fingerprint density at radius 1 is 1.38 bits per heavy atom. The molecular formula is C15H19N3O3. The first kappa shape index (κ1) is 13.7. The van der Waals surface area contributed by atoms with Crippen molar-refractivity contribution in [3.8, 4) is 5.75 Å². The number of carbonyl (C=O) groups is 2. The van der Waals surface area contributed by atoms with Crippen LogP contribution in [0.1, 0.15) is 23.2 Å². The van der Waals surface area contributed by atoms with E-state index in [9.17, 15) is 9.59 Å². The number of anilines is 1. The molecule has 3 rings (SSSR count). The first-order valence-electron chi connectivity index (χ1n) is 7.12. The van der Waals surface area contributed by atoms with Crippen LogP contribution in [0, 0.1) is 0 Å². The highest BCUT2D eigenvalue weighted by Crippen LogP contribution is 2.27. The molecule has 1 aromatic rings. The van der Waals surface area contributed by atoms with Gasteiger partial charge in [0.2, 0.25) is 5.91 Å². The van der Waals surface area contributed by atoms with Crippen molar-refractivity contribution >= 4 is 17.5 Å². The second kappa shape index (κ2) is 5.27. The van der Waals surface area contributed by atoms with Crippen molar-refractivity contribution in [2.75, 3.05) is 32.5 Å². The summed E-state index contributed by atoms with van der Waals surface area (Å²) >= 11 is 0. The number of carbonyl (C=O) groups excluding carboxylic acids is 2. The molecular weight excluding hydrogens is 270 g/mol. The Balaban J connectivity index is 1.80. The summed E-state index contributed by atoms with van der Waals surface area (Å²) in [6.45, 7) is 1.75. The molecule has 0 aliphatic carbocycles. The van der Waals surface area contributed by atoms with E-state index in [0.29, 0.717) is 43.1 Å². The van der Waals surface area contributed by atoms with Gasteiger partial charge in [-0.25, -0.2) is 0 Å². The van der Waals surface area contributed by atoms with E-state index in [0.717, 1.165) is 6.42 Å². The Morgan fingerprint density at radius 2 is 2.19 bits per heavy atom. The largest absolute Gasteiger partial charge is 0.496 e. The van der Waals surface area contributed by atoms with Gasteiger partial charge in [-0.05, 0) is 24.6 Å².